The van der Waals surface area contributed by atoms with E-state index in [1.807, 2.05) is 6.92 Å². The van der Waals surface area contributed by atoms with Gasteiger partial charge < -0.3 is 10.1 Å². The highest BCUT2D eigenvalue weighted by molar-refractivity contribution is 7.92. The third-order valence-electron chi connectivity index (χ3n) is 3.86. The SMILES string of the molecule is Cc1c[nH]c2ccc(N(CC(=O)O)S(=O)(=O)c3cc(Cl)cc(Cl)c3)cc12. The second-order valence-electron chi connectivity index (χ2n) is 5.71. The third kappa shape index (κ3) is 3.51. The smallest absolute Gasteiger partial charge is 0.324 e. The van der Waals surface area contributed by atoms with Gasteiger partial charge in [0.25, 0.3) is 10.0 Å². The van der Waals surface area contributed by atoms with Crippen molar-refractivity contribution >= 4 is 55.8 Å². The lowest BCUT2D eigenvalue weighted by Gasteiger charge is -2.23. The Labute approximate surface area is 160 Å². The Morgan fingerprint density at radius 2 is 1.81 bits per heavy atom. The number of nitrogens with one attached hydrogen (secondary N) is 1. The number of hydrogen-bond acceptors (Lipinski definition) is 3. The number of hydrogen-bond donors (Lipinski definition) is 2. The highest BCUT2D eigenvalue weighted by atomic mass is 35.5. The molecule has 2 N–H and O–H groups in total. The van der Waals surface area contributed by atoms with Gasteiger partial charge in [0.05, 0.1) is 10.6 Å². The van der Waals surface area contributed by atoms with Gasteiger partial charge in [0.1, 0.15) is 6.54 Å². The van der Waals surface area contributed by atoms with Gasteiger partial charge in [-0.3, -0.25) is 9.10 Å². The maximum Gasteiger partial charge on any atom is 0.324 e. The molecular formula is C17H14Cl2N2O4S. The minimum absolute atomic E-state index is 0.142. The van der Waals surface area contributed by atoms with Gasteiger partial charge in [0.2, 0.25) is 0 Å². The summed E-state index contributed by atoms with van der Waals surface area (Å²) in [7, 11) is -4.19. The molecule has 1 heterocycles. The number of nitrogens with zero attached hydrogens (tertiary/aromatic N) is 1. The van der Waals surface area contributed by atoms with E-state index in [-0.39, 0.29) is 20.6 Å². The number of anilines is 1. The number of aromatic nitrogens is 1. The summed E-state index contributed by atoms with van der Waals surface area (Å²) in [6, 6.07) is 8.75. The van der Waals surface area contributed by atoms with Crippen LogP contribution in [0.3, 0.4) is 0 Å². The van der Waals surface area contributed by atoms with Crippen LogP contribution in [0.5, 0.6) is 0 Å². The van der Waals surface area contributed by atoms with Crippen LogP contribution in [-0.4, -0.2) is 31.0 Å². The maximum atomic E-state index is 13.1. The largest absolute Gasteiger partial charge is 0.480 e. The van der Waals surface area contributed by atoms with Crippen molar-refractivity contribution < 1.29 is 18.3 Å². The minimum atomic E-state index is -4.19. The van der Waals surface area contributed by atoms with E-state index in [9.17, 15) is 18.3 Å². The Morgan fingerprint density at radius 3 is 2.42 bits per heavy atom. The minimum Gasteiger partial charge on any atom is -0.480 e. The molecule has 0 saturated heterocycles. The summed E-state index contributed by atoms with van der Waals surface area (Å²) in [6.45, 7) is 1.14. The van der Waals surface area contributed by atoms with Gasteiger partial charge in [-0.05, 0) is 48.9 Å². The van der Waals surface area contributed by atoms with Crippen LogP contribution in [0.1, 0.15) is 5.56 Å². The first-order chi connectivity index (χ1) is 12.2. The Morgan fingerprint density at radius 1 is 1.15 bits per heavy atom. The van der Waals surface area contributed by atoms with Crippen molar-refractivity contribution in [2.45, 2.75) is 11.8 Å². The molecule has 26 heavy (non-hydrogen) atoms. The molecule has 0 aliphatic heterocycles. The highest BCUT2D eigenvalue weighted by Gasteiger charge is 2.28. The van der Waals surface area contributed by atoms with E-state index in [1.165, 1.54) is 18.2 Å². The molecule has 0 aliphatic carbocycles. The van der Waals surface area contributed by atoms with Crippen molar-refractivity contribution in [3.63, 3.8) is 0 Å². The van der Waals surface area contributed by atoms with Crippen molar-refractivity contribution in [1.29, 1.82) is 0 Å². The molecule has 0 radical (unpaired) electrons. The van der Waals surface area contributed by atoms with Gasteiger partial charge >= 0.3 is 5.97 Å². The molecule has 0 fully saturated rings. The molecule has 0 amide bonds. The van der Waals surface area contributed by atoms with Gasteiger partial charge in [0.15, 0.2) is 0 Å². The Kier molecular flexibility index (Phi) is 4.88. The van der Waals surface area contributed by atoms with Crippen LogP contribution in [0.2, 0.25) is 10.0 Å². The number of sulfonamides is 1. The number of rotatable bonds is 5. The van der Waals surface area contributed by atoms with E-state index in [0.717, 1.165) is 20.8 Å². The fourth-order valence-electron chi connectivity index (χ4n) is 2.65. The molecule has 3 rings (SSSR count). The molecule has 3 aromatic rings. The monoisotopic (exact) mass is 412 g/mol. The van der Waals surface area contributed by atoms with Gasteiger partial charge in [-0.25, -0.2) is 8.42 Å². The van der Waals surface area contributed by atoms with Gasteiger partial charge in [-0.15, -0.1) is 0 Å². The zero-order chi connectivity index (χ0) is 19.1. The first kappa shape index (κ1) is 18.6. The average molecular weight is 413 g/mol. The second kappa shape index (κ2) is 6.83. The lowest BCUT2D eigenvalue weighted by molar-refractivity contribution is -0.135. The molecule has 2 aromatic carbocycles. The van der Waals surface area contributed by atoms with E-state index in [0.29, 0.717) is 0 Å². The van der Waals surface area contributed by atoms with Gasteiger partial charge in [0, 0.05) is 27.1 Å². The molecule has 0 saturated carbocycles. The number of benzene rings is 2. The molecule has 9 heteroatoms. The first-order valence-corrected chi connectivity index (χ1v) is 9.66. The fraction of sp³-hybridized carbons (Fsp3) is 0.118. The van der Waals surface area contributed by atoms with Gasteiger partial charge in [-0.1, -0.05) is 23.2 Å². The molecule has 1 aromatic heterocycles. The van der Waals surface area contributed by atoms with E-state index in [1.54, 1.807) is 24.4 Å². The summed E-state index contributed by atoms with van der Waals surface area (Å²) < 4.78 is 27.0. The van der Waals surface area contributed by atoms with Crippen molar-refractivity contribution in [3.05, 3.63) is 58.2 Å². The van der Waals surface area contributed by atoms with Crippen molar-refractivity contribution in [3.8, 4) is 0 Å². The van der Waals surface area contributed by atoms with Crippen LogP contribution in [0, 0.1) is 6.92 Å². The summed E-state index contributed by atoms with van der Waals surface area (Å²) in [5.41, 5.74) is 1.98. The molecule has 0 unspecified atom stereocenters. The van der Waals surface area contributed by atoms with Crippen LogP contribution in [0.4, 0.5) is 5.69 Å². The quantitative estimate of drug-likeness (QED) is 0.660. The normalized spacial score (nSPS) is 11.7. The van der Waals surface area contributed by atoms with Crippen LogP contribution in [0.15, 0.2) is 47.5 Å². The van der Waals surface area contributed by atoms with E-state index < -0.39 is 22.5 Å². The summed E-state index contributed by atoms with van der Waals surface area (Å²) in [6.07, 6.45) is 1.79. The molecule has 6 nitrogen and oxygen atoms in total. The van der Waals surface area contributed by atoms with E-state index in [4.69, 9.17) is 23.2 Å². The Bertz CT molecular complexity index is 1090. The number of carboxylic acid groups (broad SMARTS) is 1. The number of carbonyl (C=O) groups is 1. The molecule has 0 bridgehead atoms. The number of H-pyrrole nitrogens is 1. The summed E-state index contributed by atoms with van der Waals surface area (Å²) >= 11 is 11.8. The van der Waals surface area contributed by atoms with Crippen molar-refractivity contribution in [1.82, 2.24) is 4.98 Å². The maximum absolute atomic E-state index is 13.1. The van der Waals surface area contributed by atoms with Crippen LogP contribution in [-0.2, 0) is 14.8 Å². The molecular weight excluding hydrogens is 399 g/mol. The zero-order valence-corrected chi connectivity index (χ0v) is 15.9. The van der Waals surface area contributed by atoms with Crippen LogP contribution >= 0.6 is 23.2 Å². The number of aryl methyl sites for hydroxylation is 1. The molecule has 136 valence electrons. The predicted molar refractivity (Wildman–Crippen MR) is 102 cm³/mol. The van der Waals surface area contributed by atoms with Crippen LogP contribution in [0.25, 0.3) is 10.9 Å². The number of halogens is 2. The van der Waals surface area contributed by atoms with E-state index in [2.05, 4.69) is 4.98 Å². The Hall–Kier alpha value is -2.22. The number of aromatic amines is 1. The standard InChI is InChI=1S/C17H14Cl2N2O4S/c1-10-8-20-16-3-2-13(7-15(10)16)21(9-17(22)23)26(24,25)14-5-11(18)4-12(19)6-14/h2-8,20H,9H2,1H3,(H,22,23). The lowest BCUT2D eigenvalue weighted by Crippen LogP contribution is -2.35. The highest BCUT2D eigenvalue weighted by Crippen LogP contribution is 2.30. The topological polar surface area (TPSA) is 90.5 Å². The van der Waals surface area contributed by atoms with Crippen LogP contribution < -0.4 is 4.31 Å². The van der Waals surface area contributed by atoms with Gasteiger partial charge in [-0.2, -0.15) is 0 Å². The summed E-state index contributed by atoms with van der Waals surface area (Å²) in [5.74, 6) is -1.28. The van der Waals surface area contributed by atoms with E-state index >= 15 is 0 Å². The summed E-state index contributed by atoms with van der Waals surface area (Å²) in [5, 5.41) is 10.3. The fourth-order valence-corrected chi connectivity index (χ4v) is 4.78. The predicted octanol–water partition coefficient (Wildman–Crippen LogP) is 4.06. The second-order valence-corrected chi connectivity index (χ2v) is 8.45. The molecule has 0 spiro atoms. The molecule has 0 aliphatic rings. The lowest BCUT2D eigenvalue weighted by atomic mass is 10.2. The first-order valence-electron chi connectivity index (χ1n) is 7.47. The van der Waals surface area contributed by atoms with Crippen molar-refractivity contribution in [2.75, 3.05) is 10.8 Å². The molecule has 0 atom stereocenters. The Balaban J connectivity index is 2.17. The average Bonchev–Trinajstić information content (AvgIpc) is 2.92. The summed E-state index contributed by atoms with van der Waals surface area (Å²) in [4.78, 5) is 14.2. The number of fused-ring (bicyclic) bond motifs is 1. The van der Waals surface area contributed by atoms with Crippen molar-refractivity contribution in [2.24, 2.45) is 0 Å². The number of carboxylic acids is 1. The third-order valence-corrected chi connectivity index (χ3v) is 6.05. The number of aliphatic carboxylic acids is 1. The zero-order valence-electron chi connectivity index (χ0n) is 13.5.